The van der Waals surface area contributed by atoms with Crippen molar-refractivity contribution in [3.05, 3.63) is 35.4 Å². The van der Waals surface area contributed by atoms with Crippen LogP contribution in [0.25, 0.3) is 0 Å². The standard InChI is InChI=1S/C21H29N3O4/c1-8-15-11-9-10-12-16(15)18(19(26)23-14(2)3)24(7)17(25)13-22-20(27)28-21(4,5)6/h1,9-12,14,18H,13H2,2-7H3,(H,22,27)(H,23,26). The molecule has 0 aliphatic heterocycles. The number of carbonyl (C=O) groups excluding carboxylic acids is 3. The molecule has 1 aromatic rings. The average Bonchev–Trinajstić information content (AvgIpc) is 2.58. The first kappa shape index (κ1) is 23.0. The van der Waals surface area contributed by atoms with Crippen molar-refractivity contribution in [3.8, 4) is 12.3 Å². The highest BCUT2D eigenvalue weighted by Gasteiger charge is 2.30. The first-order valence-electron chi connectivity index (χ1n) is 9.04. The van der Waals surface area contributed by atoms with Gasteiger partial charge in [-0.15, -0.1) is 6.42 Å². The van der Waals surface area contributed by atoms with Gasteiger partial charge in [0.25, 0.3) is 0 Å². The van der Waals surface area contributed by atoms with E-state index in [4.69, 9.17) is 11.2 Å². The molecule has 0 aliphatic rings. The zero-order valence-electron chi connectivity index (χ0n) is 17.3. The SMILES string of the molecule is C#Cc1ccccc1C(C(=O)NC(C)C)N(C)C(=O)CNC(=O)OC(C)(C)C. The van der Waals surface area contributed by atoms with E-state index in [-0.39, 0.29) is 18.5 Å². The molecule has 0 heterocycles. The Morgan fingerprint density at radius 1 is 1.21 bits per heavy atom. The lowest BCUT2D eigenvalue weighted by Crippen LogP contribution is -2.47. The van der Waals surface area contributed by atoms with Crippen LogP contribution in [0.4, 0.5) is 4.79 Å². The monoisotopic (exact) mass is 387 g/mol. The minimum Gasteiger partial charge on any atom is -0.444 e. The van der Waals surface area contributed by atoms with Crippen molar-refractivity contribution in [2.24, 2.45) is 0 Å². The maximum Gasteiger partial charge on any atom is 0.408 e. The molecule has 1 aromatic carbocycles. The van der Waals surface area contributed by atoms with Gasteiger partial charge < -0.3 is 20.3 Å². The van der Waals surface area contributed by atoms with E-state index in [1.165, 1.54) is 11.9 Å². The fraction of sp³-hybridized carbons (Fsp3) is 0.476. The molecule has 0 saturated heterocycles. The zero-order chi connectivity index (χ0) is 21.5. The number of nitrogens with one attached hydrogen (secondary N) is 2. The van der Waals surface area contributed by atoms with Crippen LogP contribution in [-0.2, 0) is 14.3 Å². The lowest BCUT2D eigenvalue weighted by atomic mass is 9.98. The Morgan fingerprint density at radius 3 is 2.36 bits per heavy atom. The van der Waals surface area contributed by atoms with E-state index < -0.39 is 23.6 Å². The third kappa shape index (κ3) is 6.95. The van der Waals surface area contributed by atoms with E-state index in [1.54, 1.807) is 45.0 Å². The Labute approximate surface area is 166 Å². The van der Waals surface area contributed by atoms with Crippen molar-refractivity contribution in [1.29, 1.82) is 0 Å². The molecule has 2 N–H and O–H groups in total. The summed E-state index contributed by atoms with van der Waals surface area (Å²) in [6.07, 6.45) is 4.86. The summed E-state index contributed by atoms with van der Waals surface area (Å²) in [4.78, 5) is 38.5. The van der Waals surface area contributed by atoms with Gasteiger partial charge in [-0.1, -0.05) is 24.1 Å². The van der Waals surface area contributed by atoms with Crippen LogP contribution in [0.15, 0.2) is 24.3 Å². The number of alkyl carbamates (subject to hydrolysis) is 1. The fourth-order valence-corrected chi connectivity index (χ4v) is 2.49. The van der Waals surface area contributed by atoms with Gasteiger partial charge >= 0.3 is 6.09 Å². The Kier molecular flexibility index (Phi) is 8.05. The summed E-state index contributed by atoms with van der Waals surface area (Å²) in [6, 6.07) is 5.90. The van der Waals surface area contributed by atoms with Gasteiger partial charge in [-0.3, -0.25) is 9.59 Å². The zero-order valence-corrected chi connectivity index (χ0v) is 17.3. The highest BCUT2D eigenvalue weighted by molar-refractivity contribution is 5.90. The molecule has 0 bridgehead atoms. The number of amides is 3. The summed E-state index contributed by atoms with van der Waals surface area (Å²) in [5.74, 6) is 1.73. The van der Waals surface area contributed by atoms with Gasteiger partial charge in [0.1, 0.15) is 18.2 Å². The van der Waals surface area contributed by atoms with Crippen molar-refractivity contribution < 1.29 is 19.1 Å². The average molecular weight is 387 g/mol. The van der Waals surface area contributed by atoms with Crippen LogP contribution in [-0.4, -0.2) is 48.0 Å². The number of nitrogens with zero attached hydrogens (tertiary/aromatic N) is 1. The van der Waals surface area contributed by atoms with Crippen LogP contribution in [0.1, 0.15) is 51.8 Å². The van der Waals surface area contributed by atoms with Crippen molar-refractivity contribution in [2.75, 3.05) is 13.6 Å². The number of rotatable bonds is 6. The summed E-state index contributed by atoms with van der Waals surface area (Å²) in [5.41, 5.74) is 0.382. The molecule has 0 saturated carbocycles. The van der Waals surface area contributed by atoms with Crippen LogP contribution >= 0.6 is 0 Å². The predicted molar refractivity (Wildman–Crippen MR) is 107 cm³/mol. The molecule has 0 fully saturated rings. The van der Waals surface area contributed by atoms with Crippen LogP contribution in [0.2, 0.25) is 0 Å². The third-order valence-corrected chi connectivity index (χ3v) is 3.65. The smallest absolute Gasteiger partial charge is 0.408 e. The fourth-order valence-electron chi connectivity index (χ4n) is 2.49. The summed E-state index contributed by atoms with van der Waals surface area (Å²) >= 11 is 0. The molecule has 1 unspecified atom stereocenters. The molecule has 0 radical (unpaired) electrons. The number of benzene rings is 1. The number of carbonyl (C=O) groups is 3. The van der Waals surface area contributed by atoms with E-state index in [0.29, 0.717) is 11.1 Å². The van der Waals surface area contributed by atoms with Gasteiger partial charge in [0, 0.05) is 18.7 Å². The van der Waals surface area contributed by atoms with Crippen LogP contribution < -0.4 is 10.6 Å². The second-order valence-corrected chi connectivity index (χ2v) is 7.66. The summed E-state index contributed by atoms with van der Waals surface area (Å²) in [5, 5.41) is 5.22. The molecular weight excluding hydrogens is 358 g/mol. The molecule has 28 heavy (non-hydrogen) atoms. The summed E-state index contributed by atoms with van der Waals surface area (Å²) in [7, 11) is 1.50. The van der Waals surface area contributed by atoms with Crippen molar-refractivity contribution in [3.63, 3.8) is 0 Å². The maximum absolute atomic E-state index is 12.8. The summed E-state index contributed by atoms with van der Waals surface area (Å²) in [6.45, 7) is 8.52. The van der Waals surface area contributed by atoms with E-state index >= 15 is 0 Å². The topological polar surface area (TPSA) is 87.7 Å². The van der Waals surface area contributed by atoms with Crippen LogP contribution in [0.5, 0.6) is 0 Å². The highest BCUT2D eigenvalue weighted by Crippen LogP contribution is 2.23. The van der Waals surface area contributed by atoms with E-state index in [9.17, 15) is 14.4 Å². The van der Waals surface area contributed by atoms with Gasteiger partial charge in [0.05, 0.1) is 0 Å². The number of terminal acetylenes is 1. The Bertz CT molecular complexity index is 760. The number of hydrogen-bond acceptors (Lipinski definition) is 4. The van der Waals surface area contributed by atoms with Crippen molar-refractivity contribution in [1.82, 2.24) is 15.5 Å². The molecule has 7 nitrogen and oxygen atoms in total. The highest BCUT2D eigenvalue weighted by atomic mass is 16.6. The molecule has 3 amide bonds. The first-order chi connectivity index (χ1) is 13.0. The molecule has 7 heteroatoms. The Balaban J connectivity index is 3.03. The van der Waals surface area contributed by atoms with E-state index in [1.807, 2.05) is 13.8 Å². The van der Waals surface area contributed by atoms with Crippen molar-refractivity contribution in [2.45, 2.75) is 52.3 Å². The van der Waals surface area contributed by atoms with Gasteiger partial charge in [0.15, 0.2) is 0 Å². The second kappa shape index (κ2) is 9.79. The van der Waals surface area contributed by atoms with E-state index in [2.05, 4.69) is 16.6 Å². The molecule has 0 spiro atoms. The lowest BCUT2D eigenvalue weighted by molar-refractivity contribution is -0.138. The number of ether oxygens (including phenoxy) is 1. The van der Waals surface area contributed by atoms with Gasteiger partial charge in [-0.2, -0.15) is 0 Å². The third-order valence-electron chi connectivity index (χ3n) is 3.65. The van der Waals surface area contributed by atoms with Crippen LogP contribution in [0.3, 0.4) is 0 Å². The van der Waals surface area contributed by atoms with Gasteiger partial charge in [0.2, 0.25) is 11.8 Å². The number of hydrogen-bond donors (Lipinski definition) is 2. The molecule has 1 atom stereocenters. The van der Waals surface area contributed by atoms with Gasteiger partial charge in [-0.25, -0.2) is 4.79 Å². The maximum atomic E-state index is 12.8. The quantitative estimate of drug-likeness (QED) is 0.733. The largest absolute Gasteiger partial charge is 0.444 e. The molecular formula is C21H29N3O4. The Hall–Kier alpha value is -3.01. The molecule has 152 valence electrons. The molecule has 0 aromatic heterocycles. The first-order valence-corrected chi connectivity index (χ1v) is 9.04. The minimum absolute atomic E-state index is 0.114. The molecule has 1 rings (SSSR count). The predicted octanol–water partition coefficient (Wildman–Crippen LogP) is 2.22. The van der Waals surface area contributed by atoms with Crippen molar-refractivity contribution >= 4 is 17.9 Å². The number of likely N-dealkylation sites (N-methyl/N-ethyl adjacent to an activating group) is 1. The second-order valence-electron chi connectivity index (χ2n) is 7.66. The molecule has 0 aliphatic carbocycles. The minimum atomic E-state index is -0.928. The van der Waals surface area contributed by atoms with E-state index in [0.717, 1.165) is 0 Å². The summed E-state index contributed by atoms with van der Waals surface area (Å²) < 4.78 is 5.12. The normalized spacial score (nSPS) is 11.9. The lowest BCUT2D eigenvalue weighted by Gasteiger charge is -2.29. The van der Waals surface area contributed by atoms with Gasteiger partial charge in [-0.05, 0) is 46.2 Å². The Morgan fingerprint density at radius 2 is 1.82 bits per heavy atom. The van der Waals surface area contributed by atoms with Crippen LogP contribution in [0, 0.1) is 12.3 Å².